The molecule has 1 aliphatic heterocycles. The molecule has 3 aromatic carbocycles. The van der Waals surface area contributed by atoms with Gasteiger partial charge in [-0.2, -0.15) is 0 Å². The summed E-state index contributed by atoms with van der Waals surface area (Å²) in [5, 5.41) is 19.8. The standard InChI is InChI=1S/C26H26N2O2/c1-2-6-24(30)27-17-12-13-22-21(15-17)19-9-5-10-20(19)26(28-22)25-18-8-4-3-7-16(18)11-14-23(25)29/h3-5,7-9,11-15,19-20,26,28-29H,2,6,10H2,1H3,(H,27,30). The summed E-state index contributed by atoms with van der Waals surface area (Å²) >= 11 is 0. The molecule has 1 aliphatic carbocycles. The van der Waals surface area contributed by atoms with Crippen molar-refractivity contribution >= 4 is 28.1 Å². The fourth-order valence-electron chi connectivity index (χ4n) is 5.02. The van der Waals surface area contributed by atoms with Crippen molar-refractivity contribution in [2.45, 2.75) is 38.1 Å². The number of amides is 1. The second kappa shape index (κ2) is 7.52. The second-order valence-electron chi connectivity index (χ2n) is 8.30. The molecule has 152 valence electrons. The Bertz CT molecular complexity index is 1150. The van der Waals surface area contributed by atoms with E-state index < -0.39 is 0 Å². The number of hydrogen-bond donors (Lipinski definition) is 3. The number of phenolic OH excluding ortho intramolecular Hbond substituents is 1. The van der Waals surface area contributed by atoms with Crippen LogP contribution in [0.2, 0.25) is 0 Å². The quantitative estimate of drug-likeness (QED) is 0.465. The van der Waals surface area contributed by atoms with Gasteiger partial charge in [-0.05, 0) is 59.4 Å². The molecule has 1 heterocycles. The van der Waals surface area contributed by atoms with Crippen LogP contribution in [0.5, 0.6) is 5.75 Å². The summed E-state index contributed by atoms with van der Waals surface area (Å²) in [5.74, 6) is 0.963. The minimum Gasteiger partial charge on any atom is -0.508 e. The highest BCUT2D eigenvalue weighted by Crippen LogP contribution is 2.52. The largest absolute Gasteiger partial charge is 0.508 e. The summed E-state index contributed by atoms with van der Waals surface area (Å²) in [5.41, 5.74) is 4.09. The Morgan fingerprint density at radius 2 is 2.03 bits per heavy atom. The number of benzene rings is 3. The first-order valence-electron chi connectivity index (χ1n) is 10.7. The fourth-order valence-corrected chi connectivity index (χ4v) is 5.02. The molecule has 0 saturated heterocycles. The van der Waals surface area contributed by atoms with Crippen LogP contribution in [0.4, 0.5) is 11.4 Å². The van der Waals surface area contributed by atoms with E-state index in [2.05, 4.69) is 47.1 Å². The van der Waals surface area contributed by atoms with Crippen molar-refractivity contribution in [2.75, 3.05) is 10.6 Å². The van der Waals surface area contributed by atoms with Gasteiger partial charge in [0.1, 0.15) is 5.75 Å². The lowest BCUT2D eigenvalue weighted by molar-refractivity contribution is -0.116. The molecule has 4 heteroatoms. The SMILES string of the molecule is CCCC(=O)Nc1ccc2c(c1)C1C=CCC1C(c1c(O)ccc3ccccc13)N2. The van der Waals surface area contributed by atoms with Crippen molar-refractivity contribution in [3.63, 3.8) is 0 Å². The van der Waals surface area contributed by atoms with Crippen LogP contribution in [0.3, 0.4) is 0 Å². The molecule has 3 N–H and O–H groups in total. The summed E-state index contributed by atoms with van der Waals surface area (Å²) < 4.78 is 0. The summed E-state index contributed by atoms with van der Waals surface area (Å²) in [6.07, 6.45) is 6.84. The molecule has 0 fully saturated rings. The van der Waals surface area contributed by atoms with E-state index >= 15 is 0 Å². The molecule has 2 aliphatic rings. The molecule has 30 heavy (non-hydrogen) atoms. The van der Waals surface area contributed by atoms with E-state index in [0.717, 1.165) is 40.6 Å². The molecule has 0 radical (unpaired) electrons. The smallest absolute Gasteiger partial charge is 0.224 e. The van der Waals surface area contributed by atoms with Gasteiger partial charge >= 0.3 is 0 Å². The van der Waals surface area contributed by atoms with Crippen molar-refractivity contribution in [1.82, 2.24) is 0 Å². The number of carbonyl (C=O) groups is 1. The Hall–Kier alpha value is -3.27. The van der Waals surface area contributed by atoms with E-state index in [1.165, 1.54) is 5.56 Å². The second-order valence-corrected chi connectivity index (χ2v) is 8.30. The molecular weight excluding hydrogens is 372 g/mol. The molecule has 3 unspecified atom stereocenters. The average Bonchev–Trinajstić information content (AvgIpc) is 3.24. The number of fused-ring (bicyclic) bond motifs is 4. The lowest BCUT2D eigenvalue weighted by atomic mass is 9.76. The van der Waals surface area contributed by atoms with E-state index in [1.807, 2.05) is 31.2 Å². The molecule has 0 saturated carbocycles. The number of rotatable bonds is 4. The van der Waals surface area contributed by atoms with Gasteiger partial charge < -0.3 is 15.7 Å². The molecule has 4 nitrogen and oxygen atoms in total. The monoisotopic (exact) mass is 398 g/mol. The molecule has 0 spiro atoms. The van der Waals surface area contributed by atoms with Gasteiger partial charge in [0, 0.05) is 29.3 Å². The van der Waals surface area contributed by atoms with E-state index in [1.54, 1.807) is 6.07 Å². The lowest BCUT2D eigenvalue weighted by Gasteiger charge is -2.38. The third-order valence-electron chi connectivity index (χ3n) is 6.38. The predicted octanol–water partition coefficient (Wildman–Crippen LogP) is 6.11. The zero-order chi connectivity index (χ0) is 20.7. The Morgan fingerprint density at radius 3 is 2.90 bits per heavy atom. The minimum absolute atomic E-state index is 0.0177. The summed E-state index contributed by atoms with van der Waals surface area (Å²) in [4.78, 5) is 12.0. The number of phenols is 1. The van der Waals surface area contributed by atoms with Crippen molar-refractivity contribution in [2.24, 2.45) is 5.92 Å². The van der Waals surface area contributed by atoms with Crippen LogP contribution in [0.15, 0.2) is 66.7 Å². The normalized spacial score (nSPS) is 21.7. The Kier molecular flexibility index (Phi) is 4.70. The van der Waals surface area contributed by atoms with Gasteiger partial charge in [-0.15, -0.1) is 0 Å². The molecule has 3 atom stereocenters. The number of hydrogen-bond acceptors (Lipinski definition) is 3. The molecule has 0 bridgehead atoms. The third kappa shape index (κ3) is 3.13. The highest BCUT2D eigenvalue weighted by Gasteiger charge is 2.39. The average molecular weight is 399 g/mol. The summed E-state index contributed by atoms with van der Waals surface area (Å²) in [6, 6.07) is 18.1. The van der Waals surface area contributed by atoms with Crippen molar-refractivity contribution in [3.05, 3.63) is 77.9 Å². The molecule has 3 aromatic rings. The topological polar surface area (TPSA) is 61.4 Å². The Labute approximate surface area is 176 Å². The first kappa shape index (κ1) is 18.7. The maximum Gasteiger partial charge on any atom is 0.224 e. The van der Waals surface area contributed by atoms with Gasteiger partial charge in [0.05, 0.1) is 6.04 Å². The number of anilines is 2. The highest BCUT2D eigenvalue weighted by molar-refractivity contribution is 5.91. The summed E-state index contributed by atoms with van der Waals surface area (Å²) in [7, 11) is 0. The molecule has 0 aromatic heterocycles. The predicted molar refractivity (Wildman–Crippen MR) is 122 cm³/mol. The maximum absolute atomic E-state index is 12.0. The van der Waals surface area contributed by atoms with Gasteiger partial charge in [-0.25, -0.2) is 0 Å². The maximum atomic E-state index is 12.0. The number of allylic oxidation sites excluding steroid dienone is 2. The van der Waals surface area contributed by atoms with Gasteiger partial charge in [-0.1, -0.05) is 49.4 Å². The van der Waals surface area contributed by atoms with Crippen molar-refractivity contribution in [1.29, 1.82) is 0 Å². The minimum atomic E-state index is 0.0177. The van der Waals surface area contributed by atoms with Crippen LogP contribution in [0.1, 0.15) is 49.3 Å². The van der Waals surface area contributed by atoms with Crippen LogP contribution in [0.25, 0.3) is 10.8 Å². The lowest BCUT2D eigenvalue weighted by Crippen LogP contribution is -2.29. The zero-order valence-electron chi connectivity index (χ0n) is 17.1. The van der Waals surface area contributed by atoms with Crippen LogP contribution in [0, 0.1) is 5.92 Å². The van der Waals surface area contributed by atoms with Crippen LogP contribution in [-0.2, 0) is 4.79 Å². The molecule has 5 rings (SSSR count). The first-order valence-corrected chi connectivity index (χ1v) is 10.7. The van der Waals surface area contributed by atoms with Gasteiger partial charge in [0.25, 0.3) is 0 Å². The number of nitrogens with one attached hydrogen (secondary N) is 2. The van der Waals surface area contributed by atoms with Gasteiger partial charge in [0.2, 0.25) is 5.91 Å². The van der Waals surface area contributed by atoms with Gasteiger partial charge in [0.15, 0.2) is 0 Å². The van der Waals surface area contributed by atoms with E-state index in [0.29, 0.717) is 18.1 Å². The van der Waals surface area contributed by atoms with E-state index in [4.69, 9.17) is 0 Å². The van der Waals surface area contributed by atoms with Crippen LogP contribution in [-0.4, -0.2) is 11.0 Å². The summed E-state index contributed by atoms with van der Waals surface area (Å²) in [6.45, 7) is 2.01. The Morgan fingerprint density at radius 1 is 1.17 bits per heavy atom. The van der Waals surface area contributed by atoms with Crippen molar-refractivity contribution < 1.29 is 9.90 Å². The van der Waals surface area contributed by atoms with E-state index in [-0.39, 0.29) is 17.9 Å². The first-order chi connectivity index (χ1) is 14.7. The number of aromatic hydroxyl groups is 1. The molecular formula is C26H26N2O2. The van der Waals surface area contributed by atoms with Crippen LogP contribution >= 0.6 is 0 Å². The van der Waals surface area contributed by atoms with E-state index in [9.17, 15) is 9.90 Å². The fraction of sp³-hybridized carbons (Fsp3) is 0.269. The third-order valence-corrected chi connectivity index (χ3v) is 6.38. The van der Waals surface area contributed by atoms with Gasteiger partial charge in [-0.3, -0.25) is 4.79 Å². The molecule has 1 amide bonds. The Balaban J connectivity index is 1.56. The van der Waals surface area contributed by atoms with Crippen LogP contribution < -0.4 is 10.6 Å². The highest BCUT2D eigenvalue weighted by atomic mass is 16.3. The zero-order valence-corrected chi connectivity index (χ0v) is 17.1. The van der Waals surface area contributed by atoms with Crippen molar-refractivity contribution in [3.8, 4) is 5.75 Å². The number of carbonyl (C=O) groups excluding carboxylic acids is 1.